The molecule has 21 heavy (non-hydrogen) atoms. The summed E-state index contributed by atoms with van der Waals surface area (Å²) in [5, 5.41) is 5.27. The minimum atomic E-state index is -0.618. The summed E-state index contributed by atoms with van der Waals surface area (Å²) in [6.07, 6.45) is 4.41. The molecule has 1 aromatic heterocycles. The molecule has 1 aromatic rings. The van der Waals surface area contributed by atoms with Crippen molar-refractivity contribution in [2.75, 3.05) is 6.61 Å². The summed E-state index contributed by atoms with van der Waals surface area (Å²) >= 11 is 0. The number of carbonyl (C=O) groups excluding carboxylic acids is 2. The van der Waals surface area contributed by atoms with Gasteiger partial charge in [-0.25, -0.2) is 9.59 Å². The van der Waals surface area contributed by atoms with Crippen LogP contribution in [0.4, 0.5) is 4.79 Å². The van der Waals surface area contributed by atoms with E-state index in [0.29, 0.717) is 23.6 Å². The van der Waals surface area contributed by atoms with Gasteiger partial charge in [-0.2, -0.15) is 0 Å². The van der Waals surface area contributed by atoms with Gasteiger partial charge in [0.1, 0.15) is 11.8 Å². The molecular formula is C15H20N2O4. The Morgan fingerprint density at radius 3 is 2.90 bits per heavy atom. The fourth-order valence-corrected chi connectivity index (χ4v) is 2.23. The van der Waals surface area contributed by atoms with Gasteiger partial charge in [0.25, 0.3) is 0 Å². The Morgan fingerprint density at radius 1 is 1.43 bits per heavy atom. The third kappa shape index (κ3) is 3.65. The summed E-state index contributed by atoms with van der Waals surface area (Å²) in [4.78, 5) is 23.9. The summed E-state index contributed by atoms with van der Waals surface area (Å²) in [5.41, 5.74) is 0.863. The first kappa shape index (κ1) is 15.2. The molecule has 2 N–H and O–H groups in total. The number of hydrogen-bond donors (Lipinski definition) is 2. The van der Waals surface area contributed by atoms with Crippen LogP contribution in [0, 0.1) is 0 Å². The summed E-state index contributed by atoms with van der Waals surface area (Å²) in [6, 6.07) is 2.45. The SMILES string of the molecule is CCCCCOC(=O)C1=C(C)NC(=O)NC1c1ccco1. The normalized spacial score (nSPS) is 18.2. The lowest BCUT2D eigenvalue weighted by molar-refractivity contribution is -0.139. The number of ether oxygens (including phenoxy) is 1. The standard InChI is InChI=1S/C15H20N2O4/c1-3-4-5-8-21-14(18)12-10(2)16-15(19)17-13(12)11-7-6-9-20-11/h6-7,9,13H,3-5,8H2,1-2H3,(H2,16,17,19). The average molecular weight is 292 g/mol. The first-order valence-electron chi connectivity index (χ1n) is 7.12. The van der Waals surface area contributed by atoms with E-state index in [2.05, 4.69) is 17.6 Å². The monoisotopic (exact) mass is 292 g/mol. The number of esters is 1. The van der Waals surface area contributed by atoms with Crippen molar-refractivity contribution < 1.29 is 18.7 Å². The maximum Gasteiger partial charge on any atom is 0.338 e. The van der Waals surface area contributed by atoms with Gasteiger partial charge in [-0.05, 0) is 25.5 Å². The van der Waals surface area contributed by atoms with E-state index in [4.69, 9.17) is 9.15 Å². The molecule has 0 spiro atoms. The highest BCUT2D eigenvalue weighted by atomic mass is 16.5. The van der Waals surface area contributed by atoms with Gasteiger partial charge in [0.2, 0.25) is 0 Å². The molecule has 0 saturated heterocycles. The number of rotatable bonds is 6. The Kier molecular flexibility index (Phi) is 5.03. The number of amides is 2. The van der Waals surface area contributed by atoms with Gasteiger partial charge in [-0.1, -0.05) is 19.8 Å². The quantitative estimate of drug-likeness (QED) is 0.624. The molecule has 1 unspecified atom stereocenters. The molecule has 1 aliphatic rings. The Bertz CT molecular complexity index is 534. The van der Waals surface area contributed by atoms with E-state index in [1.54, 1.807) is 19.1 Å². The Balaban J connectivity index is 2.14. The first-order valence-corrected chi connectivity index (χ1v) is 7.12. The van der Waals surface area contributed by atoms with Crippen molar-refractivity contribution in [1.29, 1.82) is 0 Å². The van der Waals surface area contributed by atoms with Gasteiger partial charge in [-0.3, -0.25) is 0 Å². The van der Waals surface area contributed by atoms with Crippen LogP contribution in [-0.4, -0.2) is 18.6 Å². The third-order valence-electron chi connectivity index (χ3n) is 3.30. The molecule has 0 aliphatic carbocycles. The van der Waals surface area contributed by atoms with Crippen LogP contribution in [0.15, 0.2) is 34.1 Å². The van der Waals surface area contributed by atoms with Crippen molar-refractivity contribution in [3.05, 3.63) is 35.4 Å². The van der Waals surface area contributed by atoms with E-state index >= 15 is 0 Å². The molecule has 2 rings (SSSR count). The fourth-order valence-electron chi connectivity index (χ4n) is 2.23. The van der Waals surface area contributed by atoms with E-state index in [1.165, 1.54) is 6.26 Å². The second-order valence-corrected chi connectivity index (χ2v) is 4.93. The van der Waals surface area contributed by atoms with Gasteiger partial charge in [0.15, 0.2) is 0 Å². The molecular weight excluding hydrogens is 272 g/mol. The van der Waals surface area contributed by atoms with Gasteiger partial charge in [0.05, 0.1) is 18.4 Å². The molecule has 2 heterocycles. The minimum Gasteiger partial charge on any atom is -0.467 e. The Morgan fingerprint density at radius 2 is 2.24 bits per heavy atom. The fraction of sp³-hybridized carbons (Fsp3) is 0.467. The zero-order valence-corrected chi connectivity index (χ0v) is 12.3. The van der Waals surface area contributed by atoms with Crippen molar-refractivity contribution in [2.45, 2.75) is 39.2 Å². The number of hydrogen-bond acceptors (Lipinski definition) is 4. The summed E-state index contributed by atoms with van der Waals surface area (Å²) in [6.45, 7) is 4.14. The summed E-state index contributed by atoms with van der Waals surface area (Å²) in [7, 11) is 0. The van der Waals surface area contributed by atoms with Crippen LogP contribution in [0.25, 0.3) is 0 Å². The van der Waals surface area contributed by atoms with Crippen molar-refractivity contribution in [3.8, 4) is 0 Å². The predicted molar refractivity (Wildman–Crippen MR) is 76.3 cm³/mol. The van der Waals surface area contributed by atoms with Crippen LogP contribution >= 0.6 is 0 Å². The zero-order valence-electron chi connectivity index (χ0n) is 12.3. The van der Waals surface area contributed by atoms with Crippen LogP contribution in [0.5, 0.6) is 0 Å². The summed E-state index contributed by atoms with van der Waals surface area (Å²) < 4.78 is 10.6. The van der Waals surface area contributed by atoms with Gasteiger partial charge in [0, 0.05) is 5.70 Å². The number of urea groups is 1. The molecule has 0 saturated carbocycles. The second-order valence-electron chi connectivity index (χ2n) is 4.93. The van der Waals surface area contributed by atoms with E-state index in [9.17, 15) is 9.59 Å². The molecule has 0 fully saturated rings. The third-order valence-corrected chi connectivity index (χ3v) is 3.30. The van der Waals surface area contributed by atoms with E-state index in [-0.39, 0.29) is 6.03 Å². The predicted octanol–water partition coefficient (Wildman–Crippen LogP) is 2.64. The maximum absolute atomic E-state index is 12.3. The molecule has 0 bridgehead atoms. The first-order chi connectivity index (χ1) is 10.1. The molecule has 6 heteroatoms. The Labute approximate surface area is 123 Å². The largest absolute Gasteiger partial charge is 0.467 e. The minimum absolute atomic E-state index is 0.364. The number of furan rings is 1. The average Bonchev–Trinajstić information content (AvgIpc) is 2.96. The summed E-state index contributed by atoms with van der Waals surface area (Å²) in [5.74, 6) is 0.0715. The molecule has 0 aromatic carbocycles. The lowest BCUT2D eigenvalue weighted by Crippen LogP contribution is -2.45. The van der Waals surface area contributed by atoms with Crippen molar-refractivity contribution in [1.82, 2.24) is 10.6 Å². The molecule has 2 amide bonds. The van der Waals surface area contributed by atoms with Crippen LogP contribution in [0.1, 0.15) is 44.9 Å². The molecule has 1 aliphatic heterocycles. The van der Waals surface area contributed by atoms with E-state index < -0.39 is 12.0 Å². The molecule has 114 valence electrons. The van der Waals surface area contributed by atoms with Gasteiger partial charge < -0.3 is 19.8 Å². The van der Waals surface area contributed by atoms with Gasteiger partial charge in [-0.15, -0.1) is 0 Å². The molecule has 1 atom stereocenters. The smallest absolute Gasteiger partial charge is 0.338 e. The van der Waals surface area contributed by atoms with Crippen LogP contribution < -0.4 is 10.6 Å². The number of nitrogens with one attached hydrogen (secondary N) is 2. The number of unbranched alkanes of at least 4 members (excludes halogenated alkanes) is 2. The number of carbonyl (C=O) groups is 2. The van der Waals surface area contributed by atoms with E-state index in [1.807, 2.05) is 0 Å². The van der Waals surface area contributed by atoms with Crippen LogP contribution in [0.3, 0.4) is 0 Å². The van der Waals surface area contributed by atoms with Gasteiger partial charge >= 0.3 is 12.0 Å². The topological polar surface area (TPSA) is 80.6 Å². The lowest BCUT2D eigenvalue weighted by atomic mass is 10.0. The highest BCUT2D eigenvalue weighted by molar-refractivity contribution is 5.94. The highest BCUT2D eigenvalue weighted by Crippen LogP contribution is 2.27. The maximum atomic E-state index is 12.3. The highest BCUT2D eigenvalue weighted by Gasteiger charge is 2.33. The van der Waals surface area contributed by atoms with Crippen molar-refractivity contribution in [2.24, 2.45) is 0 Å². The van der Waals surface area contributed by atoms with E-state index in [0.717, 1.165) is 19.3 Å². The van der Waals surface area contributed by atoms with Crippen LogP contribution in [-0.2, 0) is 9.53 Å². The van der Waals surface area contributed by atoms with Crippen molar-refractivity contribution >= 4 is 12.0 Å². The zero-order chi connectivity index (χ0) is 15.2. The molecule has 6 nitrogen and oxygen atoms in total. The molecule has 0 radical (unpaired) electrons. The second kappa shape index (κ2) is 6.97. The number of allylic oxidation sites excluding steroid dienone is 1. The Hall–Kier alpha value is -2.24. The van der Waals surface area contributed by atoms with Crippen LogP contribution in [0.2, 0.25) is 0 Å². The lowest BCUT2D eigenvalue weighted by Gasteiger charge is -2.26. The van der Waals surface area contributed by atoms with Crippen molar-refractivity contribution in [3.63, 3.8) is 0 Å².